The number of amides is 1. The number of hydrogen-bond acceptors (Lipinski definition) is 2. The van der Waals surface area contributed by atoms with Gasteiger partial charge in [-0.05, 0) is 25.3 Å². The van der Waals surface area contributed by atoms with Gasteiger partial charge < -0.3 is 11.1 Å². The van der Waals surface area contributed by atoms with E-state index in [2.05, 4.69) is 12.2 Å². The van der Waals surface area contributed by atoms with Gasteiger partial charge in [0.05, 0.1) is 0 Å². The van der Waals surface area contributed by atoms with E-state index in [1.807, 2.05) is 37.3 Å². The van der Waals surface area contributed by atoms with Crippen LogP contribution in [-0.4, -0.2) is 11.9 Å². The van der Waals surface area contributed by atoms with Crippen LogP contribution in [0.3, 0.4) is 0 Å². The van der Waals surface area contributed by atoms with Crippen LogP contribution in [0.15, 0.2) is 30.3 Å². The van der Waals surface area contributed by atoms with Crippen LogP contribution < -0.4 is 11.1 Å². The zero-order valence-corrected chi connectivity index (χ0v) is 11.4. The van der Waals surface area contributed by atoms with E-state index in [-0.39, 0.29) is 18.0 Å². The van der Waals surface area contributed by atoms with Gasteiger partial charge in [0.2, 0.25) is 5.91 Å². The van der Waals surface area contributed by atoms with Crippen molar-refractivity contribution in [1.29, 1.82) is 0 Å². The van der Waals surface area contributed by atoms with E-state index < -0.39 is 0 Å². The first-order valence-corrected chi connectivity index (χ1v) is 6.73. The first kappa shape index (κ1) is 14.7. The summed E-state index contributed by atoms with van der Waals surface area (Å²) in [5, 5.41) is 2.99. The smallest absolute Gasteiger partial charge is 0.220 e. The molecule has 18 heavy (non-hydrogen) atoms. The van der Waals surface area contributed by atoms with Crippen molar-refractivity contribution in [3.8, 4) is 0 Å². The predicted molar refractivity (Wildman–Crippen MR) is 75.1 cm³/mol. The summed E-state index contributed by atoms with van der Waals surface area (Å²) in [6.07, 6.45) is 3.29. The van der Waals surface area contributed by atoms with E-state index >= 15 is 0 Å². The molecular weight excluding hydrogens is 224 g/mol. The van der Waals surface area contributed by atoms with Gasteiger partial charge in [-0.15, -0.1) is 0 Å². The molecule has 2 atom stereocenters. The Bertz CT molecular complexity index is 351. The normalized spacial score (nSPS) is 13.9. The summed E-state index contributed by atoms with van der Waals surface area (Å²) in [6.45, 7) is 4.16. The predicted octanol–water partition coefficient (Wildman–Crippen LogP) is 2.77. The third-order valence-electron chi connectivity index (χ3n) is 3.04. The number of hydrogen-bond donors (Lipinski definition) is 2. The molecule has 0 aliphatic heterocycles. The summed E-state index contributed by atoms with van der Waals surface area (Å²) in [5.74, 6) is 0.0994. The highest BCUT2D eigenvalue weighted by atomic mass is 16.1. The minimum absolute atomic E-state index is 0.0570. The highest BCUT2D eigenvalue weighted by molar-refractivity contribution is 5.76. The summed E-state index contributed by atoms with van der Waals surface area (Å²) >= 11 is 0. The SMILES string of the molecule is CCCC(C)NC(=O)CCC(N)c1ccccc1. The summed E-state index contributed by atoms with van der Waals surface area (Å²) in [4.78, 5) is 11.7. The van der Waals surface area contributed by atoms with Crippen LogP contribution >= 0.6 is 0 Å². The lowest BCUT2D eigenvalue weighted by atomic mass is 10.0. The van der Waals surface area contributed by atoms with Crippen LogP contribution in [-0.2, 0) is 4.79 Å². The molecule has 3 heteroatoms. The van der Waals surface area contributed by atoms with Crippen molar-refractivity contribution in [2.75, 3.05) is 0 Å². The Labute approximate surface area is 110 Å². The molecule has 0 aliphatic carbocycles. The molecule has 0 radical (unpaired) electrons. The second-order valence-electron chi connectivity index (χ2n) is 4.81. The van der Waals surface area contributed by atoms with Crippen molar-refractivity contribution in [1.82, 2.24) is 5.32 Å². The molecule has 0 aliphatic rings. The Hall–Kier alpha value is -1.35. The third kappa shape index (κ3) is 5.32. The summed E-state index contributed by atoms with van der Waals surface area (Å²) in [6, 6.07) is 10.1. The zero-order chi connectivity index (χ0) is 13.4. The van der Waals surface area contributed by atoms with E-state index in [9.17, 15) is 4.79 Å². The van der Waals surface area contributed by atoms with E-state index in [4.69, 9.17) is 5.73 Å². The minimum Gasteiger partial charge on any atom is -0.354 e. The largest absolute Gasteiger partial charge is 0.354 e. The molecule has 0 saturated carbocycles. The maximum Gasteiger partial charge on any atom is 0.220 e. The molecule has 0 spiro atoms. The van der Waals surface area contributed by atoms with Gasteiger partial charge in [-0.2, -0.15) is 0 Å². The molecule has 3 N–H and O–H groups in total. The number of benzene rings is 1. The highest BCUT2D eigenvalue weighted by Gasteiger charge is 2.10. The van der Waals surface area contributed by atoms with Gasteiger partial charge >= 0.3 is 0 Å². The van der Waals surface area contributed by atoms with Crippen LogP contribution in [0.25, 0.3) is 0 Å². The number of nitrogens with one attached hydrogen (secondary N) is 1. The molecular formula is C15H24N2O. The average Bonchev–Trinajstić information content (AvgIpc) is 2.37. The van der Waals surface area contributed by atoms with Crippen LogP contribution in [0.5, 0.6) is 0 Å². The molecule has 2 unspecified atom stereocenters. The molecule has 0 heterocycles. The molecule has 1 aromatic carbocycles. The van der Waals surface area contributed by atoms with Crippen molar-refractivity contribution < 1.29 is 4.79 Å². The van der Waals surface area contributed by atoms with Gasteiger partial charge in [0.1, 0.15) is 0 Å². The topological polar surface area (TPSA) is 55.1 Å². The molecule has 0 saturated heterocycles. The highest BCUT2D eigenvalue weighted by Crippen LogP contribution is 2.14. The average molecular weight is 248 g/mol. The van der Waals surface area contributed by atoms with Crippen LogP contribution in [0.1, 0.15) is 51.1 Å². The Balaban J connectivity index is 2.30. The number of nitrogens with two attached hydrogens (primary N) is 1. The first-order valence-electron chi connectivity index (χ1n) is 6.73. The van der Waals surface area contributed by atoms with Crippen molar-refractivity contribution in [3.63, 3.8) is 0 Å². The fourth-order valence-corrected chi connectivity index (χ4v) is 2.01. The van der Waals surface area contributed by atoms with Gasteiger partial charge in [-0.25, -0.2) is 0 Å². The molecule has 0 bridgehead atoms. The molecule has 1 rings (SSSR count). The molecule has 1 amide bonds. The fraction of sp³-hybridized carbons (Fsp3) is 0.533. The quantitative estimate of drug-likeness (QED) is 0.779. The van der Waals surface area contributed by atoms with Gasteiger partial charge in [0.15, 0.2) is 0 Å². The van der Waals surface area contributed by atoms with Crippen LogP contribution in [0, 0.1) is 0 Å². The summed E-state index contributed by atoms with van der Waals surface area (Å²) in [5.41, 5.74) is 7.14. The minimum atomic E-state index is -0.0570. The van der Waals surface area contributed by atoms with Crippen LogP contribution in [0.2, 0.25) is 0 Å². The van der Waals surface area contributed by atoms with E-state index in [1.165, 1.54) is 0 Å². The van der Waals surface area contributed by atoms with Crippen LogP contribution in [0.4, 0.5) is 0 Å². The summed E-state index contributed by atoms with van der Waals surface area (Å²) < 4.78 is 0. The lowest BCUT2D eigenvalue weighted by Crippen LogP contribution is -2.32. The van der Waals surface area contributed by atoms with Crippen molar-refractivity contribution >= 4 is 5.91 Å². The Morgan fingerprint density at radius 3 is 2.56 bits per heavy atom. The number of carbonyl (C=O) groups excluding carboxylic acids is 1. The first-order chi connectivity index (χ1) is 8.63. The second-order valence-corrected chi connectivity index (χ2v) is 4.81. The number of rotatable bonds is 7. The Morgan fingerprint density at radius 2 is 1.94 bits per heavy atom. The molecule has 100 valence electrons. The van der Waals surface area contributed by atoms with Crippen molar-refractivity contribution in [2.24, 2.45) is 5.73 Å². The van der Waals surface area contributed by atoms with Gasteiger partial charge in [0.25, 0.3) is 0 Å². The van der Waals surface area contributed by atoms with E-state index in [1.54, 1.807) is 0 Å². The molecule has 0 aromatic heterocycles. The lowest BCUT2D eigenvalue weighted by molar-refractivity contribution is -0.121. The van der Waals surface area contributed by atoms with Gasteiger partial charge in [0, 0.05) is 18.5 Å². The van der Waals surface area contributed by atoms with Crippen molar-refractivity contribution in [2.45, 2.75) is 51.6 Å². The molecule has 3 nitrogen and oxygen atoms in total. The fourth-order valence-electron chi connectivity index (χ4n) is 2.01. The van der Waals surface area contributed by atoms with Crippen molar-refractivity contribution in [3.05, 3.63) is 35.9 Å². The number of carbonyl (C=O) groups is 1. The Kier molecular flexibility index (Phi) is 6.44. The summed E-state index contributed by atoms with van der Waals surface area (Å²) in [7, 11) is 0. The van der Waals surface area contributed by atoms with E-state index in [0.717, 1.165) is 18.4 Å². The third-order valence-corrected chi connectivity index (χ3v) is 3.04. The Morgan fingerprint density at radius 1 is 1.28 bits per heavy atom. The van der Waals surface area contributed by atoms with Gasteiger partial charge in [-0.1, -0.05) is 43.7 Å². The maximum absolute atomic E-state index is 11.7. The molecule has 0 fully saturated rings. The second kappa shape index (κ2) is 7.88. The lowest BCUT2D eigenvalue weighted by Gasteiger charge is -2.15. The van der Waals surface area contributed by atoms with Gasteiger partial charge in [-0.3, -0.25) is 4.79 Å². The van der Waals surface area contributed by atoms with E-state index in [0.29, 0.717) is 12.8 Å². The molecule has 1 aromatic rings. The standard InChI is InChI=1S/C15H24N2O/c1-3-7-12(2)17-15(18)11-10-14(16)13-8-5-4-6-9-13/h4-6,8-9,12,14H,3,7,10-11,16H2,1-2H3,(H,17,18). The maximum atomic E-state index is 11.7. The monoisotopic (exact) mass is 248 g/mol. The zero-order valence-electron chi connectivity index (χ0n) is 11.4.